The van der Waals surface area contributed by atoms with Gasteiger partial charge in [-0.1, -0.05) is 22.0 Å². The Balaban J connectivity index is 2.50. The first-order valence-corrected chi connectivity index (χ1v) is 7.13. The van der Waals surface area contributed by atoms with Crippen LogP contribution in [0.15, 0.2) is 28.7 Å². The maximum Gasteiger partial charge on any atom is 0.241 e. The molecule has 0 heterocycles. The summed E-state index contributed by atoms with van der Waals surface area (Å²) in [5.74, 6) is 0.764. The molecule has 5 heteroatoms. The molecule has 3 N–H and O–H groups in total. The lowest BCUT2D eigenvalue weighted by atomic mass is 10.2. The van der Waals surface area contributed by atoms with Crippen LogP contribution in [0, 0.1) is 0 Å². The number of amides is 1. The van der Waals surface area contributed by atoms with Crippen molar-refractivity contribution in [1.29, 1.82) is 0 Å². The van der Waals surface area contributed by atoms with E-state index >= 15 is 0 Å². The fraction of sp³-hybridized carbons (Fsp3) is 0.364. The zero-order valence-corrected chi connectivity index (χ0v) is 11.5. The molecule has 0 radical (unpaired) electrons. The fourth-order valence-electron chi connectivity index (χ4n) is 1.18. The molecule has 1 amide bonds. The monoisotopic (exact) mass is 302 g/mol. The van der Waals surface area contributed by atoms with E-state index in [1.807, 2.05) is 30.5 Å². The molecule has 0 saturated heterocycles. The number of hydrogen-bond acceptors (Lipinski definition) is 3. The van der Waals surface area contributed by atoms with E-state index in [2.05, 4.69) is 21.2 Å². The molecule has 0 unspecified atom stereocenters. The summed E-state index contributed by atoms with van der Waals surface area (Å²) in [6, 6.07) is 7.02. The number of rotatable bonds is 5. The molecular weight excluding hydrogens is 288 g/mol. The first kappa shape index (κ1) is 13.5. The van der Waals surface area contributed by atoms with Crippen LogP contribution in [-0.4, -0.2) is 24.0 Å². The summed E-state index contributed by atoms with van der Waals surface area (Å²) in [6.07, 6.45) is 2.69. The van der Waals surface area contributed by atoms with Gasteiger partial charge in [0, 0.05) is 10.2 Å². The minimum absolute atomic E-state index is 0.132. The Bertz CT molecular complexity index is 360. The van der Waals surface area contributed by atoms with E-state index in [0.29, 0.717) is 6.42 Å². The van der Waals surface area contributed by atoms with Gasteiger partial charge in [0.2, 0.25) is 5.91 Å². The number of thioether (sulfide) groups is 1. The van der Waals surface area contributed by atoms with Gasteiger partial charge in [-0.15, -0.1) is 0 Å². The lowest BCUT2D eigenvalue weighted by Gasteiger charge is -2.11. The van der Waals surface area contributed by atoms with Crippen molar-refractivity contribution in [2.45, 2.75) is 12.5 Å². The van der Waals surface area contributed by atoms with Crippen LogP contribution in [-0.2, 0) is 4.79 Å². The van der Waals surface area contributed by atoms with E-state index in [9.17, 15) is 4.79 Å². The third kappa shape index (κ3) is 4.55. The predicted octanol–water partition coefficient (Wildman–Crippen LogP) is 2.47. The molecule has 1 atom stereocenters. The van der Waals surface area contributed by atoms with Crippen molar-refractivity contribution in [1.82, 2.24) is 0 Å². The highest BCUT2D eigenvalue weighted by Gasteiger charge is 2.12. The van der Waals surface area contributed by atoms with Crippen LogP contribution in [0.2, 0.25) is 0 Å². The molecule has 1 aromatic rings. The maximum absolute atomic E-state index is 11.7. The highest BCUT2D eigenvalue weighted by molar-refractivity contribution is 9.10. The molecule has 16 heavy (non-hydrogen) atoms. The van der Waals surface area contributed by atoms with Crippen molar-refractivity contribution in [3.05, 3.63) is 28.7 Å². The SMILES string of the molecule is CSCC[C@@H](N)C(=O)Nc1cccc(Br)c1. The van der Waals surface area contributed by atoms with E-state index in [-0.39, 0.29) is 5.91 Å². The Morgan fingerprint density at radius 2 is 2.38 bits per heavy atom. The van der Waals surface area contributed by atoms with Gasteiger partial charge in [0.25, 0.3) is 0 Å². The molecule has 0 aliphatic carbocycles. The smallest absolute Gasteiger partial charge is 0.241 e. The first-order valence-electron chi connectivity index (χ1n) is 4.94. The van der Waals surface area contributed by atoms with Gasteiger partial charge in [-0.05, 0) is 36.6 Å². The molecule has 0 bridgehead atoms. The maximum atomic E-state index is 11.7. The highest BCUT2D eigenvalue weighted by Crippen LogP contribution is 2.15. The lowest BCUT2D eigenvalue weighted by molar-refractivity contribution is -0.117. The largest absolute Gasteiger partial charge is 0.325 e. The van der Waals surface area contributed by atoms with Gasteiger partial charge >= 0.3 is 0 Å². The van der Waals surface area contributed by atoms with Crippen LogP contribution < -0.4 is 11.1 Å². The van der Waals surface area contributed by atoms with Crippen molar-refractivity contribution in [3.8, 4) is 0 Å². The molecule has 0 fully saturated rings. The van der Waals surface area contributed by atoms with Crippen LogP contribution in [0.25, 0.3) is 0 Å². The number of carbonyl (C=O) groups is 1. The molecule has 88 valence electrons. The number of benzene rings is 1. The molecule has 1 aromatic carbocycles. The second kappa shape index (κ2) is 6.93. The van der Waals surface area contributed by atoms with Crippen LogP contribution in [0.1, 0.15) is 6.42 Å². The van der Waals surface area contributed by atoms with Crippen molar-refractivity contribution in [2.24, 2.45) is 5.73 Å². The molecule has 0 spiro atoms. The first-order chi connectivity index (χ1) is 7.63. The van der Waals surface area contributed by atoms with E-state index in [1.165, 1.54) is 0 Å². The topological polar surface area (TPSA) is 55.1 Å². The van der Waals surface area contributed by atoms with Gasteiger partial charge < -0.3 is 11.1 Å². The molecule has 1 rings (SSSR count). The number of anilines is 1. The zero-order chi connectivity index (χ0) is 12.0. The minimum atomic E-state index is -0.438. The second-order valence-electron chi connectivity index (χ2n) is 3.39. The van der Waals surface area contributed by atoms with Gasteiger partial charge in [0.1, 0.15) is 0 Å². The number of nitrogens with one attached hydrogen (secondary N) is 1. The van der Waals surface area contributed by atoms with Crippen molar-refractivity contribution in [3.63, 3.8) is 0 Å². The summed E-state index contributed by atoms with van der Waals surface area (Å²) in [5.41, 5.74) is 6.52. The van der Waals surface area contributed by atoms with E-state index in [4.69, 9.17) is 5.73 Å². The molecule has 3 nitrogen and oxygen atoms in total. The van der Waals surface area contributed by atoms with Crippen molar-refractivity contribution >= 4 is 39.3 Å². The quantitative estimate of drug-likeness (QED) is 0.878. The average molecular weight is 303 g/mol. The summed E-state index contributed by atoms with van der Waals surface area (Å²) >= 11 is 5.03. The Kier molecular flexibility index (Phi) is 5.87. The highest BCUT2D eigenvalue weighted by atomic mass is 79.9. The molecule has 0 aliphatic heterocycles. The molecular formula is C11H15BrN2OS. The number of halogens is 1. The van der Waals surface area contributed by atoms with Gasteiger partial charge in [-0.25, -0.2) is 0 Å². The van der Waals surface area contributed by atoms with Gasteiger partial charge in [0.15, 0.2) is 0 Å². The van der Waals surface area contributed by atoms with Crippen molar-refractivity contribution < 1.29 is 4.79 Å². The normalized spacial score (nSPS) is 12.2. The summed E-state index contributed by atoms with van der Waals surface area (Å²) in [4.78, 5) is 11.7. The van der Waals surface area contributed by atoms with Crippen LogP contribution in [0.3, 0.4) is 0 Å². The standard InChI is InChI=1S/C11H15BrN2OS/c1-16-6-5-10(13)11(15)14-9-4-2-3-8(12)7-9/h2-4,7,10H,5-6,13H2,1H3,(H,14,15)/t10-/m1/s1. The van der Waals surface area contributed by atoms with Crippen LogP contribution in [0.5, 0.6) is 0 Å². The van der Waals surface area contributed by atoms with Crippen LogP contribution >= 0.6 is 27.7 Å². The predicted molar refractivity (Wildman–Crippen MR) is 73.7 cm³/mol. The van der Waals surface area contributed by atoms with E-state index in [1.54, 1.807) is 11.8 Å². The second-order valence-corrected chi connectivity index (χ2v) is 5.29. The third-order valence-corrected chi connectivity index (χ3v) is 3.20. The summed E-state index contributed by atoms with van der Waals surface area (Å²) in [6.45, 7) is 0. The molecule has 0 aromatic heterocycles. The Hall–Kier alpha value is -0.520. The lowest BCUT2D eigenvalue weighted by Crippen LogP contribution is -2.36. The van der Waals surface area contributed by atoms with Gasteiger partial charge in [-0.2, -0.15) is 11.8 Å². The molecule has 0 saturated carbocycles. The third-order valence-electron chi connectivity index (χ3n) is 2.06. The fourth-order valence-corrected chi connectivity index (χ4v) is 2.07. The van der Waals surface area contributed by atoms with Gasteiger partial charge in [0.05, 0.1) is 6.04 Å². The molecule has 0 aliphatic rings. The number of carbonyl (C=O) groups excluding carboxylic acids is 1. The van der Waals surface area contributed by atoms with Crippen LogP contribution in [0.4, 0.5) is 5.69 Å². The Labute approximate surface area is 108 Å². The number of hydrogen-bond donors (Lipinski definition) is 2. The van der Waals surface area contributed by atoms with Gasteiger partial charge in [-0.3, -0.25) is 4.79 Å². The van der Waals surface area contributed by atoms with E-state index < -0.39 is 6.04 Å². The summed E-state index contributed by atoms with van der Waals surface area (Å²) in [7, 11) is 0. The average Bonchev–Trinajstić information content (AvgIpc) is 2.25. The number of nitrogens with two attached hydrogens (primary N) is 1. The van der Waals surface area contributed by atoms with Crippen molar-refractivity contribution in [2.75, 3.05) is 17.3 Å². The Morgan fingerprint density at radius 1 is 1.62 bits per heavy atom. The van der Waals surface area contributed by atoms with E-state index in [0.717, 1.165) is 15.9 Å². The summed E-state index contributed by atoms with van der Waals surface area (Å²) < 4.78 is 0.933. The minimum Gasteiger partial charge on any atom is -0.325 e. The zero-order valence-electron chi connectivity index (χ0n) is 9.07. The summed E-state index contributed by atoms with van der Waals surface area (Å²) in [5, 5.41) is 2.79. The Morgan fingerprint density at radius 3 is 3.00 bits per heavy atom.